The molecule has 0 aromatic rings. The molecule has 3 unspecified atom stereocenters. The number of unbranched alkanes of at least 4 members (excludes halogenated alkanes) is 32. The molecule has 0 aliphatic heterocycles. The third-order valence-electron chi connectivity index (χ3n) is 15.7. The predicted octanol–water partition coefficient (Wildman–Crippen LogP) is 19.9. The molecule has 0 saturated heterocycles. The van der Waals surface area contributed by atoms with Crippen molar-refractivity contribution in [1.82, 2.24) is 9.80 Å². The van der Waals surface area contributed by atoms with Gasteiger partial charge in [-0.2, -0.15) is 0 Å². The summed E-state index contributed by atoms with van der Waals surface area (Å²) in [6, 6.07) is 0.331. The number of rotatable bonds is 58. The number of carbonyl (C=O) groups excluding carboxylic acids is 3. The van der Waals surface area contributed by atoms with Gasteiger partial charge in [0.15, 0.2) is 0 Å². The average Bonchev–Trinajstić information content (AvgIpc) is 3.37. The largest absolute Gasteiger partial charge is 0.465 e. The van der Waals surface area contributed by atoms with Gasteiger partial charge in [0.1, 0.15) is 0 Å². The Bertz CT molecular complexity index is 1150. The van der Waals surface area contributed by atoms with Crippen molar-refractivity contribution in [1.29, 1.82) is 0 Å². The normalized spacial score (nSPS) is 12.9. The molecule has 0 heterocycles. The van der Waals surface area contributed by atoms with Gasteiger partial charge in [0.25, 0.3) is 0 Å². The van der Waals surface area contributed by atoms with Gasteiger partial charge in [-0.3, -0.25) is 14.4 Å². The quantitative estimate of drug-likeness (QED) is 0.0446. The number of hydrogen-bond donors (Lipinski definition) is 0. The molecule has 0 fully saturated rings. The van der Waals surface area contributed by atoms with E-state index in [-0.39, 0.29) is 17.9 Å². The fraction of sp³-hybridized carbons (Fsp3) is 0.954. The Kier molecular flexibility index (Phi) is 54.3. The zero-order chi connectivity index (χ0) is 52.8. The van der Waals surface area contributed by atoms with Crippen molar-refractivity contribution >= 4 is 17.8 Å². The summed E-state index contributed by atoms with van der Waals surface area (Å²) in [6.45, 7) is 14.4. The molecular formula is C65H128N2O5. The van der Waals surface area contributed by atoms with Crippen LogP contribution in [0.1, 0.15) is 343 Å². The first kappa shape index (κ1) is 70.4. The summed E-state index contributed by atoms with van der Waals surface area (Å²) in [5.74, 6) is 1.08. The third kappa shape index (κ3) is 46.9. The summed E-state index contributed by atoms with van der Waals surface area (Å²) in [5, 5.41) is 0. The van der Waals surface area contributed by atoms with Crippen LogP contribution in [0.5, 0.6) is 0 Å². The zero-order valence-electron chi connectivity index (χ0n) is 49.9. The van der Waals surface area contributed by atoms with Gasteiger partial charge in [0, 0.05) is 25.4 Å². The van der Waals surface area contributed by atoms with Crippen LogP contribution >= 0.6 is 0 Å². The molecule has 0 radical (unpaired) electrons. The van der Waals surface area contributed by atoms with Crippen LogP contribution in [-0.4, -0.2) is 74.1 Å². The molecule has 0 aromatic heterocycles. The SMILES string of the molecule is CCCCCCCCC(=O)N(CCCN(C)C)C(CCCCCCCCCOC(=O)C(CCCCCC)CCCCCCCC)CCCCCCCCC(=O)OCC(CCCCCC)CCCCCCCC. The van der Waals surface area contributed by atoms with E-state index >= 15 is 0 Å². The molecule has 0 bridgehead atoms. The molecule has 7 nitrogen and oxygen atoms in total. The first-order chi connectivity index (χ1) is 35.2. The summed E-state index contributed by atoms with van der Waals surface area (Å²) in [7, 11) is 4.28. The summed E-state index contributed by atoms with van der Waals surface area (Å²) >= 11 is 0. The van der Waals surface area contributed by atoms with Gasteiger partial charge in [-0.25, -0.2) is 0 Å². The van der Waals surface area contributed by atoms with Crippen molar-refractivity contribution < 1.29 is 23.9 Å². The van der Waals surface area contributed by atoms with Crippen molar-refractivity contribution in [3.8, 4) is 0 Å². The Labute approximate surface area is 450 Å². The van der Waals surface area contributed by atoms with Crippen LogP contribution in [0.15, 0.2) is 0 Å². The fourth-order valence-corrected chi connectivity index (χ4v) is 10.8. The highest BCUT2D eigenvalue weighted by Crippen LogP contribution is 2.24. The van der Waals surface area contributed by atoms with Crippen LogP contribution in [0.2, 0.25) is 0 Å². The monoisotopic (exact) mass is 1020 g/mol. The molecule has 428 valence electrons. The lowest BCUT2D eigenvalue weighted by molar-refractivity contribution is -0.149. The number of ether oxygens (including phenoxy) is 2. The minimum absolute atomic E-state index is 0.00701. The fourth-order valence-electron chi connectivity index (χ4n) is 10.8. The molecule has 3 atom stereocenters. The average molecular weight is 1020 g/mol. The van der Waals surface area contributed by atoms with Gasteiger partial charge >= 0.3 is 11.9 Å². The minimum Gasteiger partial charge on any atom is -0.465 e. The molecular weight excluding hydrogens is 889 g/mol. The number of hydrogen-bond acceptors (Lipinski definition) is 6. The van der Waals surface area contributed by atoms with Crippen LogP contribution in [0.25, 0.3) is 0 Å². The summed E-state index contributed by atoms with van der Waals surface area (Å²) < 4.78 is 11.8. The van der Waals surface area contributed by atoms with E-state index in [0.29, 0.717) is 43.9 Å². The lowest BCUT2D eigenvalue weighted by Crippen LogP contribution is -2.41. The van der Waals surface area contributed by atoms with Crippen LogP contribution in [0, 0.1) is 11.8 Å². The molecule has 0 spiro atoms. The molecule has 0 N–H and O–H groups in total. The van der Waals surface area contributed by atoms with Crippen molar-refractivity contribution in [2.75, 3.05) is 40.4 Å². The van der Waals surface area contributed by atoms with Gasteiger partial charge in [-0.1, -0.05) is 266 Å². The molecule has 0 saturated carbocycles. The molecule has 72 heavy (non-hydrogen) atoms. The number of nitrogens with zero attached hydrogens (tertiary/aromatic N) is 2. The van der Waals surface area contributed by atoms with E-state index in [9.17, 15) is 14.4 Å². The maximum absolute atomic E-state index is 14.0. The Morgan fingerprint density at radius 3 is 1.17 bits per heavy atom. The second-order valence-electron chi connectivity index (χ2n) is 23.1. The van der Waals surface area contributed by atoms with Gasteiger partial charge in [0.2, 0.25) is 5.91 Å². The molecule has 0 aromatic carbocycles. The maximum Gasteiger partial charge on any atom is 0.308 e. The van der Waals surface area contributed by atoms with Gasteiger partial charge in [-0.05, 0) is 90.8 Å². The molecule has 1 amide bonds. The Hall–Kier alpha value is -1.63. The second-order valence-corrected chi connectivity index (χ2v) is 23.1. The van der Waals surface area contributed by atoms with E-state index in [1.807, 2.05) is 0 Å². The Balaban J connectivity index is 5.01. The first-order valence-electron chi connectivity index (χ1n) is 32.5. The van der Waals surface area contributed by atoms with E-state index in [2.05, 4.69) is 58.5 Å². The van der Waals surface area contributed by atoms with Crippen molar-refractivity contribution in [2.45, 2.75) is 349 Å². The molecule has 0 aliphatic rings. The Morgan fingerprint density at radius 2 is 0.722 bits per heavy atom. The van der Waals surface area contributed by atoms with Crippen LogP contribution < -0.4 is 0 Å². The maximum atomic E-state index is 14.0. The molecule has 0 aliphatic carbocycles. The van der Waals surface area contributed by atoms with Crippen molar-refractivity contribution in [3.63, 3.8) is 0 Å². The van der Waals surface area contributed by atoms with Gasteiger partial charge in [-0.15, -0.1) is 0 Å². The molecule has 0 rings (SSSR count). The van der Waals surface area contributed by atoms with Gasteiger partial charge < -0.3 is 19.3 Å². The summed E-state index contributed by atoms with van der Waals surface area (Å²) in [4.78, 5) is 44.5. The van der Waals surface area contributed by atoms with Gasteiger partial charge in [0.05, 0.1) is 19.1 Å². The van der Waals surface area contributed by atoms with E-state index in [1.54, 1.807) is 0 Å². The highest BCUT2D eigenvalue weighted by molar-refractivity contribution is 5.76. The topological polar surface area (TPSA) is 76.2 Å². The first-order valence-corrected chi connectivity index (χ1v) is 32.5. The predicted molar refractivity (Wildman–Crippen MR) is 313 cm³/mol. The van der Waals surface area contributed by atoms with Crippen LogP contribution in [0.4, 0.5) is 0 Å². The van der Waals surface area contributed by atoms with Crippen molar-refractivity contribution in [3.05, 3.63) is 0 Å². The second kappa shape index (κ2) is 55.6. The number of esters is 2. The van der Waals surface area contributed by atoms with E-state index in [4.69, 9.17) is 9.47 Å². The molecule has 7 heteroatoms. The lowest BCUT2D eigenvalue weighted by Gasteiger charge is -2.33. The summed E-state index contributed by atoms with van der Waals surface area (Å²) in [5.41, 5.74) is 0. The van der Waals surface area contributed by atoms with Crippen molar-refractivity contribution in [2.24, 2.45) is 11.8 Å². The lowest BCUT2D eigenvalue weighted by atomic mass is 9.94. The van der Waals surface area contributed by atoms with Crippen LogP contribution in [0.3, 0.4) is 0 Å². The number of carbonyl (C=O) groups is 3. The van der Waals surface area contributed by atoms with E-state index < -0.39 is 0 Å². The van der Waals surface area contributed by atoms with Crippen LogP contribution in [-0.2, 0) is 23.9 Å². The standard InChI is InChI=1S/C65H128N2O5/c1-8-13-18-23-31-39-49-60(48-38-21-16-11-4)59-72-64(69)55-45-36-29-28-34-43-53-62(67(57-47-56-66(6)7)63(68)54-44-35-25-20-15-10-3)52-42-33-27-26-30-37-46-58-71-65(70)61(50-40-22-17-12-5)51-41-32-24-19-14-9-2/h60-62H,8-59H2,1-7H3. The van der Waals surface area contributed by atoms with E-state index in [0.717, 1.165) is 90.1 Å². The highest BCUT2D eigenvalue weighted by Gasteiger charge is 2.23. The van der Waals surface area contributed by atoms with E-state index in [1.165, 1.54) is 218 Å². The minimum atomic E-state index is 0.00701. The summed E-state index contributed by atoms with van der Waals surface area (Å²) in [6.07, 6.45) is 56.6. The number of amides is 1. The zero-order valence-corrected chi connectivity index (χ0v) is 49.9. The third-order valence-corrected chi connectivity index (χ3v) is 15.7. The highest BCUT2D eigenvalue weighted by atomic mass is 16.5. The Morgan fingerprint density at radius 1 is 0.361 bits per heavy atom. The smallest absolute Gasteiger partial charge is 0.308 e.